The van der Waals surface area contributed by atoms with Gasteiger partial charge >= 0.3 is 6.09 Å². The molecule has 0 spiro atoms. The van der Waals surface area contributed by atoms with E-state index in [0.29, 0.717) is 17.8 Å². The van der Waals surface area contributed by atoms with Crippen molar-refractivity contribution < 1.29 is 23.5 Å². The minimum Gasteiger partial charge on any atom is -0.444 e. The van der Waals surface area contributed by atoms with Gasteiger partial charge in [-0.05, 0) is 52.3 Å². The van der Waals surface area contributed by atoms with Crippen molar-refractivity contribution in [3.05, 3.63) is 63.6 Å². The molecule has 3 amide bonds. The fourth-order valence-corrected chi connectivity index (χ4v) is 4.70. The second-order valence-electron chi connectivity index (χ2n) is 11.0. The second-order valence-corrected chi connectivity index (χ2v) is 11.0. The van der Waals surface area contributed by atoms with Crippen LogP contribution in [0.4, 0.5) is 15.0 Å². The largest absolute Gasteiger partial charge is 0.444 e. The number of hydrogen-bond donors (Lipinski definition) is 1. The Balaban J connectivity index is 1.52. The molecule has 0 atom stereocenters. The van der Waals surface area contributed by atoms with E-state index in [1.54, 1.807) is 31.7 Å². The molecule has 40 heavy (non-hydrogen) atoms. The van der Waals surface area contributed by atoms with Crippen LogP contribution >= 0.6 is 0 Å². The van der Waals surface area contributed by atoms with Crippen LogP contribution in [-0.4, -0.2) is 71.6 Å². The smallest absolute Gasteiger partial charge is 0.410 e. The zero-order chi connectivity index (χ0) is 28.9. The van der Waals surface area contributed by atoms with Crippen LogP contribution in [0.1, 0.15) is 56.4 Å². The summed E-state index contributed by atoms with van der Waals surface area (Å²) in [5.74, 6) is -1.30. The number of nitrogens with zero attached hydrogens (tertiary/aromatic N) is 6. The van der Waals surface area contributed by atoms with Gasteiger partial charge in [-0.2, -0.15) is 9.61 Å². The first-order valence-electron chi connectivity index (χ1n) is 12.9. The van der Waals surface area contributed by atoms with E-state index in [0.717, 1.165) is 6.20 Å². The van der Waals surface area contributed by atoms with Gasteiger partial charge in [0.2, 0.25) is 5.91 Å². The lowest BCUT2D eigenvalue weighted by atomic mass is 10.2. The molecule has 0 aromatic carbocycles. The Kier molecular flexibility index (Phi) is 6.68. The highest BCUT2D eigenvalue weighted by molar-refractivity contribution is 5.98. The second kappa shape index (κ2) is 9.88. The molecule has 0 saturated heterocycles. The summed E-state index contributed by atoms with van der Waals surface area (Å²) in [4.78, 5) is 59.4. The van der Waals surface area contributed by atoms with Crippen LogP contribution in [0.3, 0.4) is 0 Å². The van der Waals surface area contributed by atoms with Gasteiger partial charge in [0.1, 0.15) is 35.1 Å². The fourth-order valence-electron chi connectivity index (χ4n) is 4.70. The summed E-state index contributed by atoms with van der Waals surface area (Å²) in [6.45, 7) is 9.36. The average Bonchev–Trinajstić information content (AvgIpc) is 3.59. The summed E-state index contributed by atoms with van der Waals surface area (Å²) in [5, 5.41) is 7.11. The number of amides is 3. The molecule has 0 aliphatic carbocycles. The Morgan fingerprint density at radius 3 is 2.58 bits per heavy atom. The van der Waals surface area contributed by atoms with Gasteiger partial charge in [0.15, 0.2) is 0 Å². The van der Waals surface area contributed by atoms with Crippen LogP contribution in [0.25, 0.3) is 11.2 Å². The maximum absolute atomic E-state index is 13.5. The predicted octanol–water partition coefficient (Wildman–Crippen LogP) is 2.67. The van der Waals surface area contributed by atoms with E-state index in [1.807, 2.05) is 19.9 Å². The summed E-state index contributed by atoms with van der Waals surface area (Å²) in [6, 6.07) is 3.95. The van der Waals surface area contributed by atoms with Crippen LogP contribution in [0.2, 0.25) is 0 Å². The molecule has 5 rings (SSSR count). The Hall–Kier alpha value is -4.55. The molecule has 0 bridgehead atoms. The molecule has 12 nitrogen and oxygen atoms in total. The molecule has 1 N–H and O–H groups in total. The summed E-state index contributed by atoms with van der Waals surface area (Å²) >= 11 is 0. The molecule has 3 aromatic rings. The molecule has 0 radical (unpaired) electrons. The van der Waals surface area contributed by atoms with Gasteiger partial charge < -0.3 is 24.4 Å². The summed E-state index contributed by atoms with van der Waals surface area (Å²) < 4.78 is 21.4. The third-order valence-corrected chi connectivity index (χ3v) is 6.59. The first-order chi connectivity index (χ1) is 18.8. The van der Waals surface area contributed by atoms with Crippen molar-refractivity contribution in [2.75, 3.05) is 18.4 Å². The number of nitrogens with one attached hydrogen (secondary N) is 1. The number of aromatic nitrogens is 4. The maximum Gasteiger partial charge on any atom is 0.410 e. The van der Waals surface area contributed by atoms with Crippen molar-refractivity contribution >= 4 is 34.9 Å². The number of halogens is 1. The van der Waals surface area contributed by atoms with Crippen molar-refractivity contribution in [1.29, 1.82) is 0 Å². The maximum atomic E-state index is 13.5. The fraction of sp³-hybridized carbons (Fsp3) is 0.407. The molecule has 5 heterocycles. The number of rotatable bonds is 5. The predicted molar refractivity (Wildman–Crippen MR) is 143 cm³/mol. The van der Waals surface area contributed by atoms with Gasteiger partial charge in [0, 0.05) is 18.7 Å². The zero-order valence-corrected chi connectivity index (χ0v) is 22.9. The number of anilines is 1. The van der Waals surface area contributed by atoms with Crippen molar-refractivity contribution in [2.45, 2.75) is 59.4 Å². The van der Waals surface area contributed by atoms with E-state index in [2.05, 4.69) is 15.4 Å². The van der Waals surface area contributed by atoms with E-state index >= 15 is 0 Å². The van der Waals surface area contributed by atoms with Gasteiger partial charge in [0.25, 0.3) is 11.5 Å². The normalized spacial score (nSPS) is 15.2. The molecule has 2 aliphatic rings. The quantitative estimate of drug-likeness (QED) is 0.516. The third kappa shape index (κ3) is 5.06. The molecule has 210 valence electrons. The van der Waals surface area contributed by atoms with Crippen molar-refractivity contribution in [3.8, 4) is 0 Å². The van der Waals surface area contributed by atoms with Crippen molar-refractivity contribution in [2.24, 2.45) is 0 Å². The number of hydrogen-bond acceptors (Lipinski definition) is 7. The van der Waals surface area contributed by atoms with Crippen molar-refractivity contribution in [1.82, 2.24) is 29.0 Å². The van der Waals surface area contributed by atoms with Gasteiger partial charge in [-0.25, -0.2) is 14.2 Å². The van der Waals surface area contributed by atoms with E-state index < -0.39 is 29.0 Å². The van der Waals surface area contributed by atoms with Crippen molar-refractivity contribution in [3.63, 3.8) is 0 Å². The lowest BCUT2D eigenvalue weighted by molar-refractivity contribution is -0.116. The summed E-state index contributed by atoms with van der Waals surface area (Å²) in [7, 11) is 0. The topological polar surface area (TPSA) is 131 Å². The zero-order valence-electron chi connectivity index (χ0n) is 22.9. The molecule has 0 fully saturated rings. The molecule has 3 aromatic heterocycles. The highest BCUT2D eigenvalue weighted by Gasteiger charge is 2.37. The van der Waals surface area contributed by atoms with Crippen LogP contribution < -0.4 is 10.9 Å². The Morgan fingerprint density at radius 2 is 1.93 bits per heavy atom. The molecule has 13 heteroatoms. The number of fused-ring (bicyclic) bond motifs is 2. The number of carbonyl (C=O) groups excluding carboxylic acids is 3. The van der Waals surface area contributed by atoms with Crippen LogP contribution in [-0.2, 0) is 22.6 Å². The van der Waals surface area contributed by atoms with Gasteiger partial charge in [-0.1, -0.05) is 6.08 Å². The first kappa shape index (κ1) is 27.0. The third-order valence-electron chi connectivity index (χ3n) is 6.59. The minimum atomic E-state index is -0.646. The van der Waals surface area contributed by atoms with E-state index in [1.165, 1.54) is 26.1 Å². The highest BCUT2D eigenvalue weighted by Crippen LogP contribution is 2.27. The Labute approximate surface area is 229 Å². The standard InChI is InChI=1S/C27H30FN7O5/c1-15(2)33-13-18-23(25(33)38)34(14-21(36)30-20-7-6-17(28)11-29-20)22-10-19(31-35(22)24(18)37)16-8-9-32(12-16)26(39)40-27(3,4)5/h6-8,10-11,15H,9,12-14H2,1-5H3,(H,29,30,36). The Bertz CT molecular complexity index is 1620. The molecular weight excluding hydrogens is 521 g/mol. The number of carbonyl (C=O) groups is 3. The molecular formula is C27H30FN7O5. The van der Waals surface area contributed by atoms with Crippen LogP contribution in [0.5, 0.6) is 0 Å². The van der Waals surface area contributed by atoms with Gasteiger partial charge in [0.05, 0.1) is 30.5 Å². The lowest BCUT2D eigenvalue weighted by Crippen LogP contribution is -2.35. The lowest BCUT2D eigenvalue weighted by Gasteiger charge is -2.24. The van der Waals surface area contributed by atoms with Crippen LogP contribution in [0, 0.1) is 5.82 Å². The molecule has 2 aliphatic heterocycles. The number of pyridine rings is 1. The Morgan fingerprint density at radius 1 is 1.18 bits per heavy atom. The average molecular weight is 552 g/mol. The minimum absolute atomic E-state index is 0.0893. The molecule has 0 unspecified atom stereocenters. The summed E-state index contributed by atoms with van der Waals surface area (Å²) in [6.07, 6.45) is 2.34. The van der Waals surface area contributed by atoms with Gasteiger partial charge in [-0.15, -0.1) is 0 Å². The van der Waals surface area contributed by atoms with E-state index in [4.69, 9.17) is 4.74 Å². The first-order valence-corrected chi connectivity index (χ1v) is 12.9. The highest BCUT2D eigenvalue weighted by atomic mass is 19.1. The SMILES string of the molecule is CC(C)N1Cc2c(n(CC(=O)Nc3ccc(F)cn3)c3cc(C4=CCN(C(=O)OC(C)(C)C)C4)nn3c2=O)C1=O. The summed E-state index contributed by atoms with van der Waals surface area (Å²) in [5.41, 5.74) is 0.654. The monoisotopic (exact) mass is 551 g/mol. The van der Waals surface area contributed by atoms with E-state index in [9.17, 15) is 23.6 Å². The van der Waals surface area contributed by atoms with Gasteiger partial charge in [-0.3, -0.25) is 14.4 Å². The van der Waals surface area contributed by atoms with E-state index in [-0.39, 0.29) is 54.3 Å². The molecule has 0 saturated carbocycles. The van der Waals surface area contributed by atoms with Crippen LogP contribution in [0.15, 0.2) is 35.3 Å². The number of ether oxygens (including phenoxy) is 1.